The van der Waals surface area contributed by atoms with Crippen molar-refractivity contribution in [1.82, 2.24) is 20.4 Å². The Morgan fingerprint density at radius 1 is 1.21 bits per heavy atom. The number of amides is 2. The van der Waals surface area contributed by atoms with Crippen LogP contribution in [-0.2, 0) is 16.1 Å². The van der Waals surface area contributed by atoms with Crippen LogP contribution in [0.1, 0.15) is 37.7 Å². The van der Waals surface area contributed by atoms with Gasteiger partial charge in [-0.15, -0.1) is 0 Å². The topological polar surface area (TPSA) is 77.0 Å². The van der Waals surface area contributed by atoms with E-state index in [0.717, 1.165) is 18.4 Å². The maximum Gasteiger partial charge on any atom is 0.242 e. The Bertz CT molecular complexity index is 731. The van der Waals surface area contributed by atoms with E-state index in [-0.39, 0.29) is 18.4 Å². The molecule has 158 valence electrons. The number of carbonyl (C=O) groups is 2. The highest BCUT2D eigenvalue weighted by Crippen LogP contribution is 2.17. The Balaban J connectivity index is 1.42. The summed E-state index contributed by atoms with van der Waals surface area (Å²) in [4.78, 5) is 32.7. The second kappa shape index (κ2) is 10.5. The van der Waals surface area contributed by atoms with Crippen molar-refractivity contribution in [3.63, 3.8) is 0 Å². The number of guanidine groups is 1. The molecule has 2 N–H and O–H groups in total. The van der Waals surface area contributed by atoms with Crippen molar-refractivity contribution >= 4 is 29.4 Å². The Labute approximate surface area is 177 Å². The zero-order valence-electron chi connectivity index (χ0n) is 17.0. The summed E-state index contributed by atoms with van der Waals surface area (Å²) in [6.07, 6.45) is 4.98. The van der Waals surface area contributed by atoms with E-state index in [9.17, 15) is 9.59 Å². The fraction of sp³-hybridized carbons (Fsp3) is 0.571. The van der Waals surface area contributed by atoms with E-state index in [2.05, 4.69) is 15.6 Å². The van der Waals surface area contributed by atoms with Crippen LogP contribution in [0.3, 0.4) is 0 Å². The summed E-state index contributed by atoms with van der Waals surface area (Å²) in [6.45, 7) is 2.70. The van der Waals surface area contributed by atoms with Gasteiger partial charge >= 0.3 is 0 Å². The number of rotatable bonds is 6. The van der Waals surface area contributed by atoms with Crippen LogP contribution in [0.2, 0.25) is 5.02 Å². The molecule has 1 saturated carbocycles. The Morgan fingerprint density at radius 2 is 1.93 bits per heavy atom. The van der Waals surface area contributed by atoms with Crippen LogP contribution >= 0.6 is 11.6 Å². The van der Waals surface area contributed by atoms with Gasteiger partial charge in [-0.2, -0.15) is 0 Å². The van der Waals surface area contributed by atoms with Gasteiger partial charge in [-0.3, -0.25) is 14.6 Å². The second-order valence-electron chi connectivity index (χ2n) is 7.64. The molecule has 0 bridgehead atoms. The van der Waals surface area contributed by atoms with E-state index in [4.69, 9.17) is 11.6 Å². The molecule has 2 amide bonds. The highest BCUT2D eigenvalue weighted by Gasteiger charge is 2.26. The summed E-state index contributed by atoms with van der Waals surface area (Å²) in [5.41, 5.74) is 1.06. The lowest BCUT2D eigenvalue weighted by molar-refractivity contribution is -0.135. The van der Waals surface area contributed by atoms with Gasteiger partial charge in [-0.25, -0.2) is 0 Å². The number of halogens is 1. The maximum absolute atomic E-state index is 12.6. The first kappa shape index (κ1) is 21.4. The van der Waals surface area contributed by atoms with Crippen molar-refractivity contribution < 1.29 is 9.59 Å². The van der Waals surface area contributed by atoms with Crippen LogP contribution in [0, 0.1) is 0 Å². The molecule has 7 nitrogen and oxygen atoms in total. The summed E-state index contributed by atoms with van der Waals surface area (Å²) < 4.78 is 0. The van der Waals surface area contributed by atoms with Crippen LogP contribution in [0.5, 0.6) is 0 Å². The molecule has 0 radical (unpaired) electrons. The smallest absolute Gasteiger partial charge is 0.242 e. The molecule has 3 rings (SSSR count). The minimum absolute atomic E-state index is 0.0631. The molecule has 0 aromatic heterocycles. The van der Waals surface area contributed by atoms with E-state index >= 15 is 0 Å². The lowest BCUT2D eigenvalue weighted by Crippen LogP contribution is -2.55. The van der Waals surface area contributed by atoms with Gasteiger partial charge in [0.25, 0.3) is 0 Å². The summed E-state index contributed by atoms with van der Waals surface area (Å²) in [6, 6.07) is 7.91. The third kappa shape index (κ3) is 6.35. The molecule has 2 aliphatic rings. The normalized spacial score (nSPS) is 18.3. The third-order valence-electron chi connectivity index (χ3n) is 5.47. The van der Waals surface area contributed by atoms with Crippen molar-refractivity contribution in [2.24, 2.45) is 4.99 Å². The van der Waals surface area contributed by atoms with E-state index < -0.39 is 0 Å². The van der Waals surface area contributed by atoms with Crippen LogP contribution < -0.4 is 10.6 Å². The van der Waals surface area contributed by atoms with Crippen molar-refractivity contribution in [2.45, 2.75) is 44.7 Å². The van der Waals surface area contributed by atoms with Gasteiger partial charge in [-0.05, 0) is 30.5 Å². The van der Waals surface area contributed by atoms with E-state index in [0.29, 0.717) is 49.6 Å². The molecule has 1 aliphatic heterocycles. The van der Waals surface area contributed by atoms with Gasteiger partial charge in [0.2, 0.25) is 11.8 Å². The van der Waals surface area contributed by atoms with Crippen molar-refractivity contribution in [2.75, 3.05) is 33.2 Å². The van der Waals surface area contributed by atoms with Gasteiger partial charge in [0.05, 0.1) is 6.54 Å². The number of hydrogen-bond acceptors (Lipinski definition) is 3. The molecule has 1 heterocycles. The zero-order chi connectivity index (χ0) is 20.6. The largest absolute Gasteiger partial charge is 0.356 e. The van der Waals surface area contributed by atoms with Gasteiger partial charge < -0.3 is 20.4 Å². The minimum atomic E-state index is 0.0631. The Kier molecular flexibility index (Phi) is 7.75. The van der Waals surface area contributed by atoms with E-state index in [1.54, 1.807) is 7.05 Å². The van der Waals surface area contributed by atoms with Gasteiger partial charge in [0, 0.05) is 50.7 Å². The number of nitrogens with one attached hydrogen (secondary N) is 2. The number of carbonyl (C=O) groups excluding carboxylic acids is 2. The SMILES string of the molecule is CN=C(NCCC(=O)NC1CCCC1)N1CCN(Cc2ccc(Cl)cc2)C(=O)C1. The van der Waals surface area contributed by atoms with Crippen molar-refractivity contribution in [3.05, 3.63) is 34.9 Å². The first-order valence-electron chi connectivity index (χ1n) is 10.3. The molecule has 1 saturated heterocycles. The lowest BCUT2D eigenvalue weighted by Gasteiger charge is -2.36. The maximum atomic E-state index is 12.6. The van der Waals surface area contributed by atoms with Crippen LogP contribution in [0.25, 0.3) is 0 Å². The van der Waals surface area contributed by atoms with Crippen LogP contribution in [-0.4, -0.2) is 66.8 Å². The number of aliphatic imine (C=N–C) groups is 1. The molecule has 1 aromatic carbocycles. The summed E-state index contributed by atoms with van der Waals surface area (Å²) >= 11 is 5.92. The van der Waals surface area contributed by atoms with Crippen molar-refractivity contribution in [3.8, 4) is 0 Å². The molecule has 29 heavy (non-hydrogen) atoms. The predicted molar refractivity (Wildman–Crippen MR) is 115 cm³/mol. The average Bonchev–Trinajstić information content (AvgIpc) is 3.21. The molecular weight excluding hydrogens is 390 g/mol. The van der Waals surface area contributed by atoms with Gasteiger partial charge in [-0.1, -0.05) is 36.6 Å². The Hall–Kier alpha value is -2.28. The number of benzene rings is 1. The van der Waals surface area contributed by atoms with Gasteiger partial charge in [0.15, 0.2) is 5.96 Å². The monoisotopic (exact) mass is 419 g/mol. The highest BCUT2D eigenvalue weighted by molar-refractivity contribution is 6.30. The first-order chi connectivity index (χ1) is 14.0. The van der Waals surface area contributed by atoms with Crippen molar-refractivity contribution in [1.29, 1.82) is 0 Å². The second-order valence-corrected chi connectivity index (χ2v) is 8.07. The molecule has 2 fully saturated rings. The predicted octanol–water partition coefficient (Wildman–Crippen LogP) is 2.01. The zero-order valence-corrected chi connectivity index (χ0v) is 17.7. The fourth-order valence-electron chi connectivity index (χ4n) is 3.86. The van der Waals surface area contributed by atoms with E-state index in [1.165, 1.54) is 12.8 Å². The van der Waals surface area contributed by atoms with Crippen LogP contribution in [0.4, 0.5) is 0 Å². The minimum Gasteiger partial charge on any atom is -0.356 e. The number of nitrogens with zero attached hydrogens (tertiary/aromatic N) is 3. The molecule has 0 spiro atoms. The summed E-state index contributed by atoms with van der Waals surface area (Å²) in [7, 11) is 1.70. The van der Waals surface area contributed by atoms with Crippen LogP contribution in [0.15, 0.2) is 29.3 Å². The molecule has 8 heteroatoms. The highest BCUT2D eigenvalue weighted by atomic mass is 35.5. The molecule has 0 unspecified atom stereocenters. The first-order valence-corrected chi connectivity index (χ1v) is 10.7. The Morgan fingerprint density at radius 3 is 2.59 bits per heavy atom. The fourth-order valence-corrected chi connectivity index (χ4v) is 3.98. The summed E-state index contributed by atoms with van der Waals surface area (Å²) in [5, 5.41) is 7.00. The van der Waals surface area contributed by atoms with E-state index in [1.807, 2.05) is 34.1 Å². The molecule has 1 aliphatic carbocycles. The average molecular weight is 420 g/mol. The molecule has 1 aromatic rings. The number of hydrogen-bond donors (Lipinski definition) is 2. The molecule has 0 atom stereocenters. The third-order valence-corrected chi connectivity index (χ3v) is 5.72. The number of piperazine rings is 1. The lowest BCUT2D eigenvalue weighted by atomic mass is 10.2. The molecular formula is C21H30ClN5O2. The summed E-state index contributed by atoms with van der Waals surface area (Å²) in [5.74, 6) is 0.801. The van der Waals surface area contributed by atoms with Gasteiger partial charge in [0.1, 0.15) is 0 Å². The standard InChI is InChI=1S/C21H30ClN5O2/c1-23-21(24-11-10-19(28)25-18-4-2-3-5-18)27-13-12-26(20(29)15-27)14-16-6-8-17(22)9-7-16/h6-9,18H,2-5,10-15H2,1H3,(H,23,24)(H,25,28). The quantitative estimate of drug-likeness (QED) is 0.546.